The molecule has 0 atom stereocenters. The van der Waals surface area contributed by atoms with Crippen molar-refractivity contribution in [2.75, 3.05) is 12.3 Å². The van der Waals surface area contributed by atoms with E-state index in [0.717, 1.165) is 5.39 Å². The van der Waals surface area contributed by atoms with Gasteiger partial charge in [-0.15, -0.1) is 0 Å². The molecule has 2 heterocycles. The van der Waals surface area contributed by atoms with Gasteiger partial charge in [0.25, 0.3) is 0 Å². The van der Waals surface area contributed by atoms with Gasteiger partial charge in [0, 0.05) is 17.8 Å². The molecular weight excluding hydrogens is 208 g/mol. The van der Waals surface area contributed by atoms with E-state index in [4.69, 9.17) is 10.5 Å². The van der Waals surface area contributed by atoms with Crippen molar-refractivity contribution in [3.05, 3.63) is 18.5 Å². The first-order chi connectivity index (χ1) is 7.70. The summed E-state index contributed by atoms with van der Waals surface area (Å²) in [7, 11) is 0. The number of hydrogen-bond donors (Lipinski definition) is 1. The zero-order valence-electron chi connectivity index (χ0n) is 8.88. The van der Waals surface area contributed by atoms with Crippen molar-refractivity contribution in [2.45, 2.75) is 13.5 Å². The van der Waals surface area contributed by atoms with Crippen molar-refractivity contribution < 1.29 is 9.53 Å². The highest BCUT2D eigenvalue weighted by atomic mass is 16.5. The first-order valence-electron chi connectivity index (χ1n) is 4.93. The lowest BCUT2D eigenvalue weighted by Crippen LogP contribution is -2.13. The highest BCUT2D eigenvalue weighted by molar-refractivity contribution is 5.78. The zero-order valence-corrected chi connectivity index (χ0v) is 8.88. The number of carbonyl (C=O) groups excluding carboxylic acids is 1. The molecule has 2 N–H and O–H groups in total. The number of anilines is 1. The molecule has 0 unspecified atom stereocenters. The zero-order chi connectivity index (χ0) is 11.5. The highest BCUT2D eigenvalue weighted by Crippen LogP contribution is 2.13. The van der Waals surface area contributed by atoms with Crippen LogP contribution in [-0.2, 0) is 16.1 Å². The lowest BCUT2D eigenvalue weighted by atomic mass is 10.4. The number of carbonyl (C=O) groups is 1. The van der Waals surface area contributed by atoms with Gasteiger partial charge in [0.15, 0.2) is 0 Å². The van der Waals surface area contributed by atoms with E-state index in [-0.39, 0.29) is 18.5 Å². The summed E-state index contributed by atoms with van der Waals surface area (Å²) in [5, 5.41) is 0.846. The molecule has 0 fully saturated rings. The van der Waals surface area contributed by atoms with Crippen LogP contribution in [0, 0.1) is 0 Å². The summed E-state index contributed by atoms with van der Waals surface area (Å²) < 4.78 is 6.55. The quantitative estimate of drug-likeness (QED) is 0.765. The number of esters is 1. The van der Waals surface area contributed by atoms with E-state index in [1.54, 1.807) is 23.9 Å². The fourth-order valence-electron chi connectivity index (χ4n) is 1.46. The molecule has 16 heavy (non-hydrogen) atoms. The topological polar surface area (TPSA) is 83.0 Å². The van der Waals surface area contributed by atoms with Crippen molar-refractivity contribution in [3.63, 3.8) is 0 Å². The average molecular weight is 220 g/mol. The average Bonchev–Trinajstić information content (AvgIpc) is 2.61. The van der Waals surface area contributed by atoms with Gasteiger partial charge in [-0.3, -0.25) is 4.79 Å². The second kappa shape index (κ2) is 4.18. The largest absolute Gasteiger partial charge is 0.465 e. The Morgan fingerprint density at radius 3 is 3.19 bits per heavy atom. The Balaban J connectivity index is 2.30. The van der Waals surface area contributed by atoms with Gasteiger partial charge in [-0.2, -0.15) is 4.98 Å². The van der Waals surface area contributed by atoms with E-state index in [1.165, 1.54) is 0 Å². The van der Waals surface area contributed by atoms with Gasteiger partial charge >= 0.3 is 5.97 Å². The van der Waals surface area contributed by atoms with E-state index < -0.39 is 0 Å². The van der Waals surface area contributed by atoms with Crippen LogP contribution in [0.2, 0.25) is 0 Å². The summed E-state index contributed by atoms with van der Waals surface area (Å²) in [4.78, 5) is 19.3. The molecule has 6 nitrogen and oxygen atoms in total. The molecule has 0 bridgehead atoms. The van der Waals surface area contributed by atoms with Crippen LogP contribution >= 0.6 is 0 Å². The minimum atomic E-state index is -0.294. The lowest BCUT2D eigenvalue weighted by Gasteiger charge is -2.04. The van der Waals surface area contributed by atoms with Gasteiger partial charge in [-0.25, -0.2) is 4.98 Å². The Morgan fingerprint density at radius 1 is 1.62 bits per heavy atom. The Bertz CT molecular complexity index is 521. The third-order valence-corrected chi connectivity index (χ3v) is 2.13. The van der Waals surface area contributed by atoms with Gasteiger partial charge in [0.05, 0.1) is 6.61 Å². The predicted molar refractivity (Wildman–Crippen MR) is 58.6 cm³/mol. The van der Waals surface area contributed by atoms with Crippen LogP contribution in [0.1, 0.15) is 6.92 Å². The second-order valence-electron chi connectivity index (χ2n) is 3.26. The van der Waals surface area contributed by atoms with E-state index in [1.807, 2.05) is 6.07 Å². The number of nitrogens with two attached hydrogens (primary N) is 1. The van der Waals surface area contributed by atoms with Crippen molar-refractivity contribution >= 4 is 23.0 Å². The second-order valence-corrected chi connectivity index (χ2v) is 3.26. The number of nitrogens with zero attached hydrogens (tertiary/aromatic N) is 3. The van der Waals surface area contributed by atoms with E-state index >= 15 is 0 Å². The normalized spacial score (nSPS) is 10.6. The lowest BCUT2D eigenvalue weighted by molar-refractivity contribution is -0.143. The smallest absolute Gasteiger partial charge is 0.325 e. The Hall–Kier alpha value is -2.11. The van der Waals surface area contributed by atoms with Crippen molar-refractivity contribution in [3.8, 4) is 0 Å². The van der Waals surface area contributed by atoms with Crippen molar-refractivity contribution in [1.82, 2.24) is 14.5 Å². The molecular formula is C10H12N4O2. The SMILES string of the molecule is CCOC(=O)Cn1ccc2cnc(N)nc21. The molecule has 0 amide bonds. The number of rotatable bonds is 3. The Morgan fingerprint density at radius 2 is 2.44 bits per heavy atom. The molecule has 6 heteroatoms. The first kappa shape index (κ1) is 10.4. The fraction of sp³-hybridized carbons (Fsp3) is 0.300. The Kier molecular flexibility index (Phi) is 2.72. The van der Waals surface area contributed by atoms with Crippen molar-refractivity contribution in [1.29, 1.82) is 0 Å². The molecule has 0 saturated heterocycles. The number of nitrogen functional groups attached to an aromatic ring is 1. The molecule has 0 aliphatic carbocycles. The van der Waals surface area contributed by atoms with Gasteiger partial charge in [-0.05, 0) is 13.0 Å². The highest BCUT2D eigenvalue weighted by Gasteiger charge is 2.08. The Labute approximate surface area is 92.0 Å². The van der Waals surface area contributed by atoms with Crippen LogP contribution < -0.4 is 5.73 Å². The van der Waals surface area contributed by atoms with Gasteiger partial charge < -0.3 is 15.0 Å². The van der Waals surface area contributed by atoms with Gasteiger partial charge in [-0.1, -0.05) is 0 Å². The molecule has 0 saturated carbocycles. The molecule has 2 rings (SSSR count). The molecule has 0 aliphatic heterocycles. The standard InChI is InChI=1S/C10H12N4O2/c1-2-16-8(15)6-14-4-3-7-5-12-10(11)13-9(7)14/h3-5H,2,6H2,1H3,(H2,11,12,13). The van der Waals surface area contributed by atoms with Crippen molar-refractivity contribution in [2.24, 2.45) is 0 Å². The van der Waals surface area contributed by atoms with Crippen LogP contribution in [0.3, 0.4) is 0 Å². The molecule has 84 valence electrons. The first-order valence-corrected chi connectivity index (χ1v) is 4.93. The summed E-state index contributed by atoms with van der Waals surface area (Å²) in [6, 6.07) is 1.83. The summed E-state index contributed by atoms with van der Waals surface area (Å²) >= 11 is 0. The molecule has 2 aromatic heterocycles. The van der Waals surface area contributed by atoms with Gasteiger partial charge in [0.2, 0.25) is 5.95 Å². The summed E-state index contributed by atoms with van der Waals surface area (Å²) in [6.07, 6.45) is 3.38. The summed E-state index contributed by atoms with van der Waals surface area (Å²) in [6.45, 7) is 2.27. The van der Waals surface area contributed by atoms with Crippen LogP contribution in [0.4, 0.5) is 5.95 Å². The third kappa shape index (κ3) is 1.95. The van der Waals surface area contributed by atoms with E-state index in [9.17, 15) is 4.79 Å². The summed E-state index contributed by atoms with van der Waals surface area (Å²) in [5.41, 5.74) is 6.13. The van der Waals surface area contributed by atoms with E-state index in [2.05, 4.69) is 9.97 Å². The van der Waals surface area contributed by atoms with Gasteiger partial charge in [0.1, 0.15) is 12.2 Å². The minimum absolute atomic E-state index is 0.133. The molecule has 0 spiro atoms. The maximum atomic E-state index is 11.3. The third-order valence-electron chi connectivity index (χ3n) is 2.13. The van der Waals surface area contributed by atoms with E-state index in [0.29, 0.717) is 12.3 Å². The molecule has 0 radical (unpaired) electrons. The van der Waals surface area contributed by atoms with Crippen LogP contribution in [0.15, 0.2) is 18.5 Å². The fourth-order valence-corrected chi connectivity index (χ4v) is 1.46. The number of aromatic nitrogens is 3. The minimum Gasteiger partial charge on any atom is -0.465 e. The van der Waals surface area contributed by atoms with Crippen LogP contribution in [0.25, 0.3) is 11.0 Å². The van der Waals surface area contributed by atoms with Crippen LogP contribution in [-0.4, -0.2) is 27.1 Å². The number of ether oxygens (including phenoxy) is 1. The molecule has 0 aromatic carbocycles. The molecule has 0 aliphatic rings. The number of fused-ring (bicyclic) bond motifs is 1. The maximum absolute atomic E-state index is 11.3. The molecule has 2 aromatic rings. The number of hydrogen-bond acceptors (Lipinski definition) is 5. The van der Waals surface area contributed by atoms with Crippen LogP contribution in [0.5, 0.6) is 0 Å². The maximum Gasteiger partial charge on any atom is 0.325 e. The summed E-state index contributed by atoms with van der Waals surface area (Å²) in [5.74, 6) is -0.103. The predicted octanol–water partition coefficient (Wildman–Crippen LogP) is 0.577. The monoisotopic (exact) mass is 220 g/mol.